The van der Waals surface area contributed by atoms with E-state index in [1.807, 2.05) is 0 Å². The van der Waals surface area contributed by atoms with E-state index in [1.54, 1.807) is 0 Å². The molecule has 0 spiro atoms. The summed E-state index contributed by atoms with van der Waals surface area (Å²) in [5.41, 5.74) is -2.46. The van der Waals surface area contributed by atoms with Crippen molar-refractivity contribution in [3.63, 3.8) is 0 Å². The number of aromatic nitrogens is 2. The average Bonchev–Trinajstić information content (AvgIpc) is 2.73. The Labute approximate surface area is 143 Å². The standard InChI is InChI=1S/C10H5Br2N5O6/c1-4-8(11)10(12)13-14(4)9-6(16(20)21)2-5(15(18)19)3-7(9)17(22)23/h2-3H,1H3. The minimum absolute atomic E-state index is 0.275. The van der Waals surface area contributed by atoms with Crippen LogP contribution in [-0.4, -0.2) is 24.6 Å². The quantitative estimate of drug-likeness (QED) is 0.511. The van der Waals surface area contributed by atoms with Crippen LogP contribution < -0.4 is 0 Å². The zero-order valence-corrected chi connectivity index (χ0v) is 14.3. The minimum Gasteiger partial charge on any atom is -0.258 e. The van der Waals surface area contributed by atoms with E-state index in [2.05, 4.69) is 37.0 Å². The molecule has 0 fully saturated rings. The molecule has 120 valence electrons. The topological polar surface area (TPSA) is 147 Å². The lowest BCUT2D eigenvalue weighted by Gasteiger charge is -2.06. The molecule has 0 amide bonds. The molecule has 11 nitrogen and oxygen atoms in total. The van der Waals surface area contributed by atoms with Crippen LogP contribution in [0.25, 0.3) is 5.69 Å². The summed E-state index contributed by atoms with van der Waals surface area (Å²) in [5.74, 6) is 0. The van der Waals surface area contributed by atoms with Crippen molar-refractivity contribution in [2.45, 2.75) is 6.92 Å². The molecule has 0 saturated heterocycles. The second-order valence-corrected chi connectivity index (χ2v) is 5.75. The van der Waals surface area contributed by atoms with E-state index in [0.717, 1.165) is 4.68 Å². The first-order valence-electron chi connectivity index (χ1n) is 5.67. The van der Waals surface area contributed by atoms with Gasteiger partial charge in [0.05, 0.1) is 37.1 Å². The summed E-state index contributed by atoms with van der Waals surface area (Å²) in [5, 5.41) is 37.3. The number of nitrogens with zero attached hydrogens (tertiary/aromatic N) is 5. The maximum atomic E-state index is 11.2. The third-order valence-corrected chi connectivity index (χ3v) is 4.91. The second-order valence-electron chi connectivity index (χ2n) is 4.21. The average molecular weight is 451 g/mol. The van der Waals surface area contributed by atoms with E-state index < -0.39 is 37.5 Å². The molecule has 1 aromatic carbocycles. The van der Waals surface area contributed by atoms with Crippen LogP contribution in [0, 0.1) is 37.3 Å². The van der Waals surface area contributed by atoms with Crippen molar-refractivity contribution in [3.8, 4) is 5.69 Å². The first-order chi connectivity index (χ1) is 10.6. The monoisotopic (exact) mass is 449 g/mol. The molecule has 23 heavy (non-hydrogen) atoms. The van der Waals surface area contributed by atoms with Gasteiger partial charge in [0.2, 0.25) is 5.69 Å². The zero-order valence-electron chi connectivity index (χ0n) is 11.1. The molecule has 0 radical (unpaired) electrons. The van der Waals surface area contributed by atoms with Crippen LogP contribution in [0.3, 0.4) is 0 Å². The maximum Gasteiger partial charge on any atom is 0.308 e. The summed E-state index contributed by atoms with van der Waals surface area (Å²) in [4.78, 5) is 30.5. The van der Waals surface area contributed by atoms with Crippen LogP contribution in [0.4, 0.5) is 17.1 Å². The van der Waals surface area contributed by atoms with Gasteiger partial charge < -0.3 is 0 Å². The number of nitro benzene ring substituents is 3. The molecule has 0 aliphatic heterocycles. The summed E-state index contributed by atoms with van der Waals surface area (Å²) >= 11 is 6.28. The first kappa shape index (κ1) is 17.0. The van der Waals surface area contributed by atoms with Gasteiger partial charge in [-0.1, -0.05) is 0 Å². The molecule has 0 N–H and O–H groups in total. The Bertz CT molecular complexity index is 829. The first-order valence-corrected chi connectivity index (χ1v) is 7.26. The summed E-state index contributed by atoms with van der Waals surface area (Å²) in [7, 11) is 0. The van der Waals surface area contributed by atoms with Crippen molar-refractivity contribution in [1.29, 1.82) is 0 Å². The van der Waals surface area contributed by atoms with E-state index in [-0.39, 0.29) is 4.60 Å². The Morgan fingerprint density at radius 2 is 1.48 bits per heavy atom. The van der Waals surface area contributed by atoms with Crippen molar-refractivity contribution in [3.05, 3.63) is 57.2 Å². The van der Waals surface area contributed by atoms with Crippen molar-refractivity contribution in [1.82, 2.24) is 9.78 Å². The van der Waals surface area contributed by atoms with Gasteiger partial charge in [0.1, 0.15) is 4.60 Å². The highest BCUT2D eigenvalue weighted by Crippen LogP contribution is 2.39. The lowest BCUT2D eigenvalue weighted by molar-refractivity contribution is -0.402. The largest absolute Gasteiger partial charge is 0.308 e. The minimum atomic E-state index is -0.939. The van der Waals surface area contributed by atoms with Crippen molar-refractivity contribution in [2.75, 3.05) is 0 Å². The predicted octanol–water partition coefficient (Wildman–Crippen LogP) is 3.43. The zero-order chi connectivity index (χ0) is 17.5. The van der Waals surface area contributed by atoms with Crippen LogP contribution in [0.15, 0.2) is 21.2 Å². The summed E-state index contributed by atoms with van der Waals surface area (Å²) in [6, 6.07) is 1.32. The number of nitro groups is 3. The van der Waals surface area contributed by atoms with Gasteiger partial charge >= 0.3 is 11.4 Å². The molecule has 0 bridgehead atoms. The van der Waals surface area contributed by atoms with Crippen molar-refractivity contribution < 1.29 is 14.8 Å². The van der Waals surface area contributed by atoms with Gasteiger partial charge in [0.25, 0.3) is 5.69 Å². The van der Waals surface area contributed by atoms with Crippen LogP contribution in [-0.2, 0) is 0 Å². The molecule has 13 heteroatoms. The van der Waals surface area contributed by atoms with E-state index in [0.29, 0.717) is 22.3 Å². The highest BCUT2D eigenvalue weighted by Gasteiger charge is 2.33. The third-order valence-electron chi connectivity index (χ3n) is 2.87. The Hall–Kier alpha value is -2.41. The van der Waals surface area contributed by atoms with Gasteiger partial charge in [-0.15, -0.1) is 0 Å². The molecule has 2 rings (SSSR count). The molecule has 2 aromatic rings. The molecule has 0 aliphatic rings. The lowest BCUT2D eigenvalue weighted by atomic mass is 10.2. The van der Waals surface area contributed by atoms with Crippen molar-refractivity contribution >= 4 is 48.9 Å². The maximum absolute atomic E-state index is 11.2. The van der Waals surface area contributed by atoms with Gasteiger partial charge in [0, 0.05) is 0 Å². The fraction of sp³-hybridized carbons (Fsp3) is 0.100. The van der Waals surface area contributed by atoms with E-state index in [9.17, 15) is 30.3 Å². The van der Waals surface area contributed by atoms with Gasteiger partial charge in [-0.2, -0.15) is 5.10 Å². The molecule has 0 saturated carbocycles. The second kappa shape index (κ2) is 6.00. The molecule has 0 aliphatic carbocycles. The Balaban J connectivity index is 2.95. The molecule has 0 atom stereocenters. The molecule has 0 unspecified atom stereocenters. The number of hydrogen-bond acceptors (Lipinski definition) is 7. The number of hydrogen-bond donors (Lipinski definition) is 0. The number of benzene rings is 1. The third kappa shape index (κ3) is 2.92. The molecule has 1 heterocycles. The van der Waals surface area contributed by atoms with Gasteiger partial charge in [0.15, 0.2) is 0 Å². The number of halogens is 2. The smallest absolute Gasteiger partial charge is 0.258 e. The highest BCUT2D eigenvalue weighted by atomic mass is 79.9. The predicted molar refractivity (Wildman–Crippen MR) is 83.7 cm³/mol. The summed E-state index contributed by atoms with van der Waals surface area (Å²) < 4.78 is 1.70. The Morgan fingerprint density at radius 3 is 1.78 bits per heavy atom. The molecular formula is C10H5Br2N5O6. The summed E-state index contributed by atoms with van der Waals surface area (Å²) in [6.45, 7) is 1.52. The lowest BCUT2D eigenvalue weighted by Crippen LogP contribution is -2.08. The van der Waals surface area contributed by atoms with Crippen LogP contribution in [0.5, 0.6) is 0 Å². The van der Waals surface area contributed by atoms with Crippen molar-refractivity contribution in [2.24, 2.45) is 0 Å². The van der Waals surface area contributed by atoms with Gasteiger partial charge in [-0.05, 0) is 38.8 Å². The normalized spacial score (nSPS) is 10.6. The molecule has 1 aromatic heterocycles. The fourth-order valence-corrected chi connectivity index (χ4v) is 2.55. The Morgan fingerprint density at radius 1 is 1.00 bits per heavy atom. The van der Waals surface area contributed by atoms with Crippen LogP contribution >= 0.6 is 31.9 Å². The van der Waals surface area contributed by atoms with Gasteiger partial charge in [-0.3, -0.25) is 30.3 Å². The Kier molecular flexibility index (Phi) is 4.42. The number of non-ortho nitro benzene ring substituents is 1. The number of rotatable bonds is 4. The van der Waals surface area contributed by atoms with Crippen LogP contribution in [0.2, 0.25) is 0 Å². The van der Waals surface area contributed by atoms with Crippen LogP contribution in [0.1, 0.15) is 5.69 Å². The highest BCUT2D eigenvalue weighted by molar-refractivity contribution is 9.13. The molecular weight excluding hydrogens is 446 g/mol. The SMILES string of the molecule is Cc1c(Br)c(Br)nn1-c1c([N+](=O)[O-])cc([N+](=O)[O-])cc1[N+](=O)[O-]. The van der Waals surface area contributed by atoms with E-state index in [4.69, 9.17) is 0 Å². The van der Waals surface area contributed by atoms with E-state index >= 15 is 0 Å². The fourth-order valence-electron chi connectivity index (χ4n) is 1.86. The van der Waals surface area contributed by atoms with Gasteiger partial charge in [-0.25, -0.2) is 4.68 Å². The van der Waals surface area contributed by atoms with E-state index in [1.165, 1.54) is 6.92 Å². The summed E-state index contributed by atoms with van der Waals surface area (Å²) in [6.07, 6.45) is 0.